The van der Waals surface area contributed by atoms with Crippen LogP contribution in [-0.4, -0.2) is 5.54 Å². The van der Waals surface area contributed by atoms with E-state index in [4.69, 9.17) is 5.73 Å². The Hall–Kier alpha value is -0.0400. The fraction of sp³-hybridized carbons (Fsp3) is 1.00. The van der Waals surface area contributed by atoms with E-state index in [1.807, 2.05) is 0 Å². The topological polar surface area (TPSA) is 26.0 Å². The molecule has 0 rings (SSSR count). The summed E-state index contributed by atoms with van der Waals surface area (Å²) < 4.78 is 0. The van der Waals surface area contributed by atoms with Crippen LogP contribution in [0.1, 0.15) is 117 Å². The molecule has 1 heteroatoms. The molecule has 0 aromatic carbocycles. The highest BCUT2D eigenvalue weighted by Gasteiger charge is 2.18. The van der Waals surface area contributed by atoms with Crippen LogP contribution in [0, 0.1) is 0 Å². The smallest absolute Gasteiger partial charge is 0.0149 e. The third-order valence-electron chi connectivity index (χ3n) is 4.94. The Morgan fingerprint density at radius 1 is 0.550 bits per heavy atom. The van der Waals surface area contributed by atoms with Crippen LogP contribution in [-0.2, 0) is 0 Å². The summed E-state index contributed by atoms with van der Waals surface area (Å²) in [4.78, 5) is 0. The molecule has 0 fully saturated rings. The molecule has 0 aliphatic rings. The zero-order valence-corrected chi connectivity index (χ0v) is 14.7. The molecule has 0 amide bonds. The zero-order valence-electron chi connectivity index (χ0n) is 14.7. The van der Waals surface area contributed by atoms with Crippen molar-refractivity contribution in [2.75, 3.05) is 0 Å². The Kier molecular flexibility index (Phi) is 13.9. The number of rotatable bonds is 15. The van der Waals surface area contributed by atoms with E-state index in [1.54, 1.807) is 0 Å². The van der Waals surface area contributed by atoms with E-state index in [-0.39, 0.29) is 5.54 Å². The van der Waals surface area contributed by atoms with Crippen LogP contribution in [0.15, 0.2) is 0 Å². The quantitative estimate of drug-likeness (QED) is 0.337. The van der Waals surface area contributed by atoms with Crippen LogP contribution in [0.3, 0.4) is 0 Å². The van der Waals surface area contributed by atoms with Gasteiger partial charge in [0.25, 0.3) is 0 Å². The van der Waals surface area contributed by atoms with Crippen LogP contribution in [0.2, 0.25) is 0 Å². The second-order valence-electron chi connectivity index (χ2n) is 6.71. The van der Waals surface area contributed by atoms with E-state index in [0.29, 0.717) is 0 Å². The largest absolute Gasteiger partial charge is 0.325 e. The second-order valence-corrected chi connectivity index (χ2v) is 6.71. The van der Waals surface area contributed by atoms with Crippen molar-refractivity contribution in [3.8, 4) is 0 Å². The maximum Gasteiger partial charge on any atom is 0.0149 e. The van der Waals surface area contributed by atoms with Gasteiger partial charge in [0.2, 0.25) is 0 Å². The summed E-state index contributed by atoms with van der Waals surface area (Å²) in [5.74, 6) is 0. The van der Waals surface area contributed by atoms with Crippen molar-refractivity contribution in [3.05, 3.63) is 0 Å². The van der Waals surface area contributed by atoms with Crippen LogP contribution in [0.4, 0.5) is 0 Å². The van der Waals surface area contributed by atoms with E-state index in [2.05, 4.69) is 20.8 Å². The second kappa shape index (κ2) is 13.9. The fourth-order valence-electron chi connectivity index (χ4n) is 2.92. The van der Waals surface area contributed by atoms with Gasteiger partial charge in [-0.3, -0.25) is 0 Å². The Morgan fingerprint density at radius 3 is 1.25 bits per heavy atom. The van der Waals surface area contributed by atoms with Crippen LogP contribution < -0.4 is 5.73 Å². The predicted octanol–water partition coefficient (Wildman–Crippen LogP) is 6.60. The SMILES string of the molecule is CCCCCCCCCCCCCCC(N)(CC)CC. The summed E-state index contributed by atoms with van der Waals surface area (Å²) in [6, 6.07) is 0. The molecule has 0 saturated heterocycles. The first-order chi connectivity index (χ1) is 9.68. The average Bonchev–Trinajstić information content (AvgIpc) is 2.48. The van der Waals surface area contributed by atoms with Crippen molar-refractivity contribution in [1.29, 1.82) is 0 Å². The molecule has 122 valence electrons. The molecular weight excluding hydrogens is 242 g/mol. The summed E-state index contributed by atoms with van der Waals surface area (Å²) in [6.45, 7) is 6.74. The molecule has 0 heterocycles. The molecule has 0 atom stereocenters. The highest BCUT2D eigenvalue weighted by Crippen LogP contribution is 2.20. The van der Waals surface area contributed by atoms with Crippen LogP contribution >= 0.6 is 0 Å². The minimum atomic E-state index is 0.124. The summed E-state index contributed by atoms with van der Waals surface area (Å²) in [5, 5.41) is 0. The highest BCUT2D eigenvalue weighted by atomic mass is 14.7. The lowest BCUT2D eigenvalue weighted by Gasteiger charge is -2.26. The third kappa shape index (κ3) is 11.8. The van der Waals surface area contributed by atoms with Crippen molar-refractivity contribution < 1.29 is 0 Å². The molecular formula is C19H41N. The molecule has 0 spiro atoms. The first-order valence-corrected chi connectivity index (χ1v) is 9.47. The molecule has 0 aromatic heterocycles. The molecule has 0 aliphatic heterocycles. The average molecular weight is 284 g/mol. The first kappa shape index (κ1) is 20.0. The van der Waals surface area contributed by atoms with E-state index >= 15 is 0 Å². The summed E-state index contributed by atoms with van der Waals surface area (Å²) in [7, 11) is 0. The van der Waals surface area contributed by atoms with Gasteiger partial charge in [-0.25, -0.2) is 0 Å². The van der Waals surface area contributed by atoms with Gasteiger partial charge in [-0.15, -0.1) is 0 Å². The highest BCUT2D eigenvalue weighted by molar-refractivity contribution is 4.80. The molecule has 0 saturated carbocycles. The Bertz CT molecular complexity index is 184. The minimum Gasteiger partial charge on any atom is -0.325 e. The molecule has 2 N–H and O–H groups in total. The lowest BCUT2D eigenvalue weighted by Crippen LogP contribution is -2.38. The minimum absolute atomic E-state index is 0.124. The predicted molar refractivity (Wildman–Crippen MR) is 93.2 cm³/mol. The monoisotopic (exact) mass is 283 g/mol. The van der Waals surface area contributed by atoms with Gasteiger partial charge in [-0.05, 0) is 19.3 Å². The summed E-state index contributed by atoms with van der Waals surface area (Å²) >= 11 is 0. The van der Waals surface area contributed by atoms with Crippen molar-refractivity contribution in [3.63, 3.8) is 0 Å². The first-order valence-electron chi connectivity index (χ1n) is 9.47. The lowest BCUT2D eigenvalue weighted by atomic mass is 9.88. The maximum atomic E-state index is 6.33. The van der Waals surface area contributed by atoms with Gasteiger partial charge in [0.1, 0.15) is 0 Å². The molecule has 0 radical (unpaired) electrons. The standard InChI is InChI=1S/C19H41N/c1-4-7-8-9-10-11-12-13-14-15-16-17-18-19(20,5-2)6-3/h4-18,20H2,1-3H3. The van der Waals surface area contributed by atoms with Gasteiger partial charge in [-0.1, -0.05) is 97.8 Å². The van der Waals surface area contributed by atoms with Crippen molar-refractivity contribution in [2.45, 2.75) is 123 Å². The number of hydrogen-bond acceptors (Lipinski definition) is 1. The van der Waals surface area contributed by atoms with E-state index < -0.39 is 0 Å². The number of unbranched alkanes of at least 4 members (excludes halogenated alkanes) is 11. The Labute approximate surface area is 129 Å². The molecule has 0 unspecified atom stereocenters. The number of hydrogen-bond donors (Lipinski definition) is 1. The van der Waals surface area contributed by atoms with Crippen molar-refractivity contribution in [2.24, 2.45) is 5.73 Å². The maximum absolute atomic E-state index is 6.33. The van der Waals surface area contributed by atoms with Gasteiger partial charge >= 0.3 is 0 Å². The van der Waals surface area contributed by atoms with Crippen molar-refractivity contribution >= 4 is 0 Å². The van der Waals surface area contributed by atoms with Gasteiger partial charge in [-0.2, -0.15) is 0 Å². The lowest BCUT2D eigenvalue weighted by molar-refractivity contribution is 0.350. The van der Waals surface area contributed by atoms with Crippen molar-refractivity contribution in [1.82, 2.24) is 0 Å². The molecule has 0 aromatic rings. The zero-order chi connectivity index (χ0) is 15.1. The Balaban J connectivity index is 3.17. The van der Waals surface area contributed by atoms with Gasteiger partial charge < -0.3 is 5.73 Å². The third-order valence-corrected chi connectivity index (χ3v) is 4.94. The molecule has 0 bridgehead atoms. The summed E-state index contributed by atoms with van der Waals surface area (Å²) in [6.07, 6.45) is 20.6. The van der Waals surface area contributed by atoms with Gasteiger partial charge in [0.15, 0.2) is 0 Å². The molecule has 20 heavy (non-hydrogen) atoms. The molecule has 1 nitrogen and oxygen atoms in total. The van der Waals surface area contributed by atoms with E-state index in [9.17, 15) is 0 Å². The normalized spacial score (nSPS) is 12.0. The number of nitrogens with two attached hydrogens (primary N) is 1. The van der Waals surface area contributed by atoms with E-state index in [0.717, 1.165) is 12.8 Å². The molecule has 0 aliphatic carbocycles. The van der Waals surface area contributed by atoms with Gasteiger partial charge in [0.05, 0.1) is 0 Å². The fourth-order valence-corrected chi connectivity index (χ4v) is 2.92. The van der Waals surface area contributed by atoms with Gasteiger partial charge in [0, 0.05) is 5.54 Å². The van der Waals surface area contributed by atoms with E-state index in [1.165, 1.54) is 83.5 Å². The Morgan fingerprint density at radius 2 is 0.900 bits per heavy atom. The summed E-state index contributed by atoms with van der Waals surface area (Å²) in [5.41, 5.74) is 6.45. The van der Waals surface area contributed by atoms with Crippen LogP contribution in [0.5, 0.6) is 0 Å². The van der Waals surface area contributed by atoms with Crippen LogP contribution in [0.25, 0.3) is 0 Å².